The molecule has 1 saturated heterocycles. The van der Waals surface area contributed by atoms with E-state index in [-0.39, 0.29) is 5.78 Å². The summed E-state index contributed by atoms with van der Waals surface area (Å²) in [6.07, 6.45) is 0. The second kappa shape index (κ2) is 8.08. The number of nitrogens with zero attached hydrogens (tertiary/aromatic N) is 3. The topological polar surface area (TPSA) is 46.8 Å². The molecule has 0 saturated carbocycles. The predicted molar refractivity (Wildman–Crippen MR) is 100 cm³/mol. The zero-order chi connectivity index (χ0) is 17.8. The van der Waals surface area contributed by atoms with Gasteiger partial charge in [-0.3, -0.25) is 9.69 Å². The molecule has 1 aromatic carbocycles. The van der Waals surface area contributed by atoms with Gasteiger partial charge in [-0.1, -0.05) is 23.5 Å². The maximum atomic E-state index is 11.8. The Bertz CT molecular complexity index is 799. The number of aromatic nitrogens is 1. The molecule has 1 aliphatic heterocycles. The van der Waals surface area contributed by atoms with Crippen molar-refractivity contribution < 1.29 is 9.53 Å². The molecule has 25 heavy (non-hydrogen) atoms. The number of benzene rings is 1. The van der Waals surface area contributed by atoms with Crippen LogP contribution < -0.4 is 4.80 Å². The van der Waals surface area contributed by atoms with Gasteiger partial charge in [0.25, 0.3) is 0 Å². The zero-order valence-corrected chi connectivity index (χ0v) is 15.9. The first kappa shape index (κ1) is 18.0. The van der Waals surface area contributed by atoms with Gasteiger partial charge in [0.15, 0.2) is 10.6 Å². The quantitative estimate of drug-likeness (QED) is 0.771. The molecule has 6 heteroatoms. The first-order valence-corrected chi connectivity index (χ1v) is 9.55. The second-order valence-electron chi connectivity index (χ2n) is 6.27. The molecule has 0 unspecified atom stereocenters. The Kier molecular flexibility index (Phi) is 5.83. The summed E-state index contributed by atoms with van der Waals surface area (Å²) in [7, 11) is 0. The Morgan fingerprint density at radius 3 is 2.52 bits per heavy atom. The number of hydrogen-bond donors (Lipinski definition) is 0. The average Bonchev–Trinajstić information content (AvgIpc) is 2.93. The highest BCUT2D eigenvalue weighted by atomic mass is 32.1. The van der Waals surface area contributed by atoms with E-state index in [0.29, 0.717) is 0 Å². The van der Waals surface area contributed by atoms with Crippen molar-refractivity contribution in [3.63, 3.8) is 0 Å². The van der Waals surface area contributed by atoms with E-state index in [2.05, 4.69) is 40.7 Å². The largest absolute Gasteiger partial charge is 0.379 e. The Labute approximate surface area is 152 Å². The molecule has 0 amide bonds. The number of hydrogen-bond acceptors (Lipinski definition) is 5. The molecule has 5 nitrogen and oxygen atoms in total. The summed E-state index contributed by atoms with van der Waals surface area (Å²) < 4.78 is 7.49. The van der Waals surface area contributed by atoms with Gasteiger partial charge in [-0.25, -0.2) is 4.99 Å². The molecule has 1 aromatic heterocycles. The third-order valence-electron chi connectivity index (χ3n) is 4.46. The van der Waals surface area contributed by atoms with Gasteiger partial charge in [0.2, 0.25) is 0 Å². The van der Waals surface area contributed by atoms with Crippen LogP contribution in [0.25, 0.3) is 0 Å². The molecular weight excluding hydrogens is 334 g/mol. The van der Waals surface area contributed by atoms with E-state index < -0.39 is 0 Å². The minimum Gasteiger partial charge on any atom is -0.379 e. The second-order valence-corrected chi connectivity index (χ2v) is 7.24. The standard InChI is InChI=1S/C19H25N3O2S/c1-4-22-14(2)18(15(3)23)25-19(22)20-17-7-5-16(6-8-17)13-21-9-11-24-12-10-21/h5-8H,4,9-13H2,1-3H3. The lowest BCUT2D eigenvalue weighted by molar-refractivity contribution is 0.0342. The maximum Gasteiger partial charge on any atom is 0.190 e. The molecule has 0 spiro atoms. The lowest BCUT2D eigenvalue weighted by atomic mass is 10.2. The van der Waals surface area contributed by atoms with Gasteiger partial charge in [-0.2, -0.15) is 0 Å². The first-order chi connectivity index (χ1) is 12.1. The molecule has 0 bridgehead atoms. The highest BCUT2D eigenvalue weighted by molar-refractivity contribution is 7.11. The van der Waals surface area contributed by atoms with E-state index in [9.17, 15) is 4.79 Å². The van der Waals surface area contributed by atoms with E-state index in [1.165, 1.54) is 16.9 Å². The van der Waals surface area contributed by atoms with Gasteiger partial charge < -0.3 is 9.30 Å². The number of ketones is 1. The summed E-state index contributed by atoms with van der Waals surface area (Å²) in [4.78, 5) is 20.6. The van der Waals surface area contributed by atoms with E-state index >= 15 is 0 Å². The van der Waals surface area contributed by atoms with Gasteiger partial charge in [0.05, 0.1) is 23.8 Å². The molecule has 0 N–H and O–H groups in total. The Morgan fingerprint density at radius 2 is 1.92 bits per heavy atom. The van der Waals surface area contributed by atoms with Crippen LogP contribution in [0.5, 0.6) is 0 Å². The number of ether oxygens (including phenoxy) is 1. The van der Waals surface area contributed by atoms with Crippen molar-refractivity contribution in [3.05, 3.63) is 45.2 Å². The minimum atomic E-state index is 0.104. The molecule has 2 aromatic rings. The Morgan fingerprint density at radius 1 is 1.24 bits per heavy atom. The van der Waals surface area contributed by atoms with Crippen molar-refractivity contribution in [2.45, 2.75) is 33.9 Å². The fraction of sp³-hybridized carbons (Fsp3) is 0.474. The van der Waals surface area contributed by atoms with Gasteiger partial charge in [0.1, 0.15) is 0 Å². The normalized spacial score (nSPS) is 16.4. The van der Waals surface area contributed by atoms with Gasteiger partial charge >= 0.3 is 0 Å². The van der Waals surface area contributed by atoms with Gasteiger partial charge in [0, 0.05) is 38.8 Å². The summed E-state index contributed by atoms with van der Waals surface area (Å²) in [5.74, 6) is 0.104. The third-order valence-corrected chi connectivity index (χ3v) is 5.75. The molecule has 1 aliphatic rings. The van der Waals surface area contributed by atoms with Crippen molar-refractivity contribution in [3.8, 4) is 0 Å². The lowest BCUT2D eigenvalue weighted by Gasteiger charge is -2.26. The van der Waals surface area contributed by atoms with Crippen LogP contribution >= 0.6 is 11.3 Å². The summed E-state index contributed by atoms with van der Waals surface area (Å²) in [6.45, 7) is 11.1. The SMILES string of the molecule is CCn1c(C)c(C(C)=O)sc1=Nc1ccc(CN2CCOCC2)cc1. The molecule has 2 heterocycles. The molecule has 0 radical (unpaired) electrons. The van der Waals surface area contributed by atoms with Crippen molar-refractivity contribution in [1.29, 1.82) is 0 Å². The summed E-state index contributed by atoms with van der Waals surface area (Å²) in [6, 6.07) is 8.38. The number of morpholine rings is 1. The van der Waals surface area contributed by atoms with Crippen LogP contribution in [0.1, 0.15) is 34.8 Å². The molecule has 134 valence electrons. The maximum absolute atomic E-state index is 11.8. The smallest absolute Gasteiger partial charge is 0.190 e. The Balaban J connectivity index is 1.82. The van der Waals surface area contributed by atoms with Crippen molar-refractivity contribution in [2.24, 2.45) is 4.99 Å². The van der Waals surface area contributed by atoms with Crippen molar-refractivity contribution in [2.75, 3.05) is 26.3 Å². The average molecular weight is 359 g/mol. The Hall–Kier alpha value is -1.76. The lowest BCUT2D eigenvalue weighted by Crippen LogP contribution is -2.35. The highest BCUT2D eigenvalue weighted by Gasteiger charge is 2.13. The summed E-state index contributed by atoms with van der Waals surface area (Å²) >= 11 is 1.47. The predicted octanol–water partition coefficient (Wildman–Crippen LogP) is 3.15. The van der Waals surface area contributed by atoms with Crippen LogP contribution in [0.15, 0.2) is 29.3 Å². The van der Waals surface area contributed by atoms with Crippen molar-refractivity contribution in [1.82, 2.24) is 9.47 Å². The van der Waals surface area contributed by atoms with E-state index in [4.69, 9.17) is 9.73 Å². The van der Waals surface area contributed by atoms with Crippen molar-refractivity contribution >= 4 is 22.8 Å². The number of thiazole rings is 1. The van der Waals surface area contributed by atoms with Crippen LogP contribution in [0.3, 0.4) is 0 Å². The van der Waals surface area contributed by atoms with Crippen LogP contribution in [-0.2, 0) is 17.8 Å². The minimum absolute atomic E-state index is 0.104. The fourth-order valence-electron chi connectivity index (χ4n) is 3.07. The van der Waals surface area contributed by atoms with Crippen LogP contribution in [0.2, 0.25) is 0 Å². The fourth-order valence-corrected chi connectivity index (χ4v) is 4.18. The number of Topliss-reactive ketones (excluding diaryl/α,β-unsaturated/α-hetero) is 1. The number of rotatable bonds is 5. The van der Waals surface area contributed by atoms with Crippen LogP contribution in [0.4, 0.5) is 5.69 Å². The number of carbonyl (C=O) groups is 1. The van der Waals surface area contributed by atoms with Gasteiger partial charge in [-0.05, 0) is 31.5 Å². The molecule has 3 rings (SSSR count). The van der Waals surface area contributed by atoms with Crippen LogP contribution in [-0.4, -0.2) is 41.6 Å². The third kappa shape index (κ3) is 4.26. The van der Waals surface area contributed by atoms with Gasteiger partial charge in [-0.15, -0.1) is 0 Å². The zero-order valence-electron chi connectivity index (χ0n) is 15.1. The molecule has 0 aliphatic carbocycles. The van der Waals surface area contributed by atoms with E-state index in [1.54, 1.807) is 6.92 Å². The number of carbonyl (C=O) groups excluding carboxylic acids is 1. The van der Waals surface area contributed by atoms with Crippen LogP contribution in [0, 0.1) is 6.92 Å². The molecular formula is C19H25N3O2S. The van der Waals surface area contributed by atoms with E-state index in [0.717, 1.165) is 60.5 Å². The first-order valence-electron chi connectivity index (χ1n) is 8.73. The molecule has 1 fully saturated rings. The van der Waals surface area contributed by atoms with E-state index in [1.807, 2.05) is 6.92 Å². The summed E-state index contributed by atoms with van der Waals surface area (Å²) in [5, 5.41) is 0. The summed E-state index contributed by atoms with van der Waals surface area (Å²) in [5.41, 5.74) is 3.21. The highest BCUT2D eigenvalue weighted by Crippen LogP contribution is 2.17. The molecule has 0 atom stereocenters. The monoisotopic (exact) mass is 359 g/mol.